The van der Waals surface area contributed by atoms with E-state index in [0.717, 1.165) is 4.57 Å². The van der Waals surface area contributed by atoms with Gasteiger partial charge < -0.3 is 5.73 Å². The molecule has 0 unspecified atom stereocenters. The van der Waals surface area contributed by atoms with E-state index in [4.69, 9.17) is 5.73 Å². The number of benzene rings is 1. The molecule has 1 aromatic carbocycles. The molecule has 0 aliphatic carbocycles. The lowest BCUT2D eigenvalue weighted by molar-refractivity contribution is -0.146. The Hall–Kier alpha value is -1.89. The minimum absolute atomic E-state index is 0.0727. The second-order valence-corrected chi connectivity index (χ2v) is 3.31. The molecule has 0 saturated heterocycles. The van der Waals surface area contributed by atoms with Gasteiger partial charge in [0.25, 0.3) is 0 Å². The highest BCUT2D eigenvalue weighted by molar-refractivity contribution is 5.34. The zero-order valence-electron chi connectivity index (χ0n) is 8.65. The van der Waals surface area contributed by atoms with E-state index in [1.807, 2.05) is 0 Å². The largest absolute Gasteiger partial charge is 0.452 e. The molecule has 0 fully saturated rings. The van der Waals surface area contributed by atoms with Gasteiger partial charge in [0, 0.05) is 5.69 Å². The topological polar surface area (TPSA) is 56.7 Å². The standard InChI is InChI=1S/C10H9F3N4/c11-10(12,13)9-16-15-8(6-14)17(9)7-4-2-1-3-5-7/h1-5H,6,14H2. The quantitative estimate of drug-likeness (QED) is 0.872. The van der Waals surface area contributed by atoms with E-state index in [2.05, 4.69) is 10.2 Å². The maximum atomic E-state index is 12.7. The molecule has 0 aliphatic rings. The predicted octanol–water partition coefficient (Wildman–Crippen LogP) is 1.74. The van der Waals surface area contributed by atoms with Crippen molar-refractivity contribution in [1.29, 1.82) is 0 Å². The maximum absolute atomic E-state index is 12.7. The van der Waals surface area contributed by atoms with Gasteiger partial charge in [0.15, 0.2) is 5.82 Å². The molecule has 0 amide bonds. The maximum Gasteiger partial charge on any atom is 0.452 e. The number of alkyl halides is 3. The van der Waals surface area contributed by atoms with Crippen molar-refractivity contribution in [3.63, 3.8) is 0 Å². The van der Waals surface area contributed by atoms with Gasteiger partial charge in [-0.15, -0.1) is 10.2 Å². The van der Waals surface area contributed by atoms with Crippen molar-refractivity contribution in [2.24, 2.45) is 5.73 Å². The van der Waals surface area contributed by atoms with Crippen LogP contribution in [0.4, 0.5) is 13.2 Å². The molecular formula is C10H9F3N4. The molecule has 2 N–H and O–H groups in total. The second-order valence-electron chi connectivity index (χ2n) is 3.31. The minimum Gasteiger partial charge on any atom is -0.324 e. The zero-order chi connectivity index (χ0) is 12.5. The summed E-state index contributed by atoms with van der Waals surface area (Å²) in [5.74, 6) is -0.993. The van der Waals surface area contributed by atoms with E-state index < -0.39 is 12.0 Å². The summed E-state index contributed by atoms with van der Waals surface area (Å²) in [6, 6.07) is 8.06. The van der Waals surface area contributed by atoms with Crippen LogP contribution < -0.4 is 5.73 Å². The summed E-state index contributed by atoms with van der Waals surface area (Å²) in [5, 5.41) is 6.59. The van der Waals surface area contributed by atoms with Crippen LogP contribution in [0.25, 0.3) is 5.69 Å². The van der Waals surface area contributed by atoms with Crippen molar-refractivity contribution in [1.82, 2.24) is 14.8 Å². The van der Waals surface area contributed by atoms with Crippen molar-refractivity contribution in [2.75, 3.05) is 0 Å². The van der Waals surface area contributed by atoms with Crippen LogP contribution in [0.5, 0.6) is 0 Å². The Kier molecular flexibility index (Phi) is 2.84. The van der Waals surface area contributed by atoms with Gasteiger partial charge in [0.2, 0.25) is 5.82 Å². The third-order valence-electron chi connectivity index (χ3n) is 2.18. The third kappa shape index (κ3) is 2.14. The Morgan fingerprint density at radius 1 is 1.12 bits per heavy atom. The van der Waals surface area contributed by atoms with Crippen LogP contribution in [0.15, 0.2) is 30.3 Å². The van der Waals surface area contributed by atoms with Crippen LogP contribution in [0.2, 0.25) is 0 Å². The van der Waals surface area contributed by atoms with E-state index in [1.54, 1.807) is 18.2 Å². The fourth-order valence-corrected chi connectivity index (χ4v) is 1.48. The summed E-state index contributed by atoms with van der Waals surface area (Å²) in [5.41, 5.74) is 5.69. The van der Waals surface area contributed by atoms with Gasteiger partial charge in [-0.25, -0.2) is 0 Å². The average molecular weight is 242 g/mol. The van der Waals surface area contributed by atoms with Gasteiger partial charge in [-0.05, 0) is 12.1 Å². The van der Waals surface area contributed by atoms with Crippen LogP contribution in [0, 0.1) is 0 Å². The first-order valence-corrected chi connectivity index (χ1v) is 4.81. The Morgan fingerprint density at radius 2 is 1.76 bits per heavy atom. The summed E-state index contributed by atoms with van der Waals surface area (Å²) < 4.78 is 39.1. The molecule has 0 aliphatic heterocycles. The van der Waals surface area contributed by atoms with Crippen molar-refractivity contribution in [3.8, 4) is 5.69 Å². The molecule has 90 valence electrons. The molecule has 0 saturated carbocycles. The smallest absolute Gasteiger partial charge is 0.324 e. The van der Waals surface area contributed by atoms with E-state index in [1.165, 1.54) is 12.1 Å². The van der Waals surface area contributed by atoms with Gasteiger partial charge in [0.05, 0.1) is 6.54 Å². The minimum atomic E-state index is -4.56. The van der Waals surface area contributed by atoms with Crippen LogP contribution >= 0.6 is 0 Å². The lowest BCUT2D eigenvalue weighted by Crippen LogP contribution is -2.16. The monoisotopic (exact) mass is 242 g/mol. The first-order valence-electron chi connectivity index (χ1n) is 4.81. The summed E-state index contributed by atoms with van der Waals surface area (Å²) in [7, 11) is 0. The van der Waals surface area contributed by atoms with Crippen molar-refractivity contribution in [2.45, 2.75) is 12.7 Å². The number of halogens is 3. The van der Waals surface area contributed by atoms with Gasteiger partial charge >= 0.3 is 6.18 Å². The van der Waals surface area contributed by atoms with Crippen LogP contribution in [-0.4, -0.2) is 14.8 Å². The lowest BCUT2D eigenvalue weighted by Gasteiger charge is -2.11. The first-order chi connectivity index (χ1) is 8.04. The summed E-state index contributed by atoms with van der Waals surface area (Å²) in [6.07, 6.45) is -4.56. The molecule has 0 radical (unpaired) electrons. The normalized spacial score (nSPS) is 11.8. The zero-order valence-corrected chi connectivity index (χ0v) is 8.65. The number of aromatic nitrogens is 3. The number of nitrogens with two attached hydrogens (primary N) is 1. The highest BCUT2D eigenvalue weighted by Gasteiger charge is 2.38. The average Bonchev–Trinajstić information content (AvgIpc) is 2.73. The molecule has 7 heteroatoms. The van der Waals surface area contributed by atoms with Crippen molar-refractivity contribution in [3.05, 3.63) is 42.0 Å². The first kappa shape index (κ1) is 11.6. The molecule has 17 heavy (non-hydrogen) atoms. The molecule has 2 aromatic rings. The van der Waals surface area contributed by atoms with Crippen molar-refractivity contribution < 1.29 is 13.2 Å². The molecule has 1 heterocycles. The van der Waals surface area contributed by atoms with E-state index in [9.17, 15) is 13.2 Å². The number of rotatable bonds is 2. The molecule has 2 rings (SSSR count). The van der Waals surface area contributed by atoms with Gasteiger partial charge in [-0.3, -0.25) is 4.57 Å². The number of hydrogen-bond donors (Lipinski definition) is 1. The fourth-order valence-electron chi connectivity index (χ4n) is 1.48. The SMILES string of the molecule is NCc1nnc(C(F)(F)F)n1-c1ccccc1. The number of hydrogen-bond acceptors (Lipinski definition) is 3. The molecule has 0 atom stereocenters. The van der Waals surface area contributed by atoms with Crippen LogP contribution in [-0.2, 0) is 12.7 Å². The van der Waals surface area contributed by atoms with Gasteiger partial charge in [-0.2, -0.15) is 13.2 Å². The fraction of sp³-hybridized carbons (Fsp3) is 0.200. The molecular weight excluding hydrogens is 233 g/mol. The Balaban J connectivity index is 2.62. The van der Waals surface area contributed by atoms with Gasteiger partial charge in [-0.1, -0.05) is 18.2 Å². The van der Waals surface area contributed by atoms with Crippen LogP contribution in [0.3, 0.4) is 0 Å². The second kappa shape index (κ2) is 4.17. The lowest BCUT2D eigenvalue weighted by atomic mass is 10.3. The Labute approximate surface area is 94.9 Å². The third-order valence-corrected chi connectivity index (χ3v) is 2.18. The van der Waals surface area contributed by atoms with Crippen molar-refractivity contribution >= 4 is 0 Å². The molecule has 0 spiro atoms. The summed E-state index contributed by atoms with van der Waals surface area (Å²) in [6.45, 7) is -0.113. The van der Waals surface area contributed by atoms with E-state index in [-0.39, 0.29) is 12.4 Å². The van der Waals surface area contributed by atoms with E-state index in [0.29, 0.717) is 5.69 Å². The highest BCUT2D eigenvalue weighted by Crippen LogP contribution is 2.30. The number of nitrogens with zero attached hydrogens (tertiary/aromatic N) is 3. The van der Waals surface area contributed by atoms with Gasteiger partial charge in [0.1, 0.15) is 0 Å². The molecule has 0 bridgehead atoms. The molecule has 4 nitrogen and oxygen atoms in total. The number of para-hydroxylation sites is 1. The summed E-state index contributed by atoms with van der Waals surface area (Å²) in [4.78, 5) is 0. The Morgan fingerprint density at radius 3 is 2.29 bits per heavy atom. The van der Waals surface area contributed by atoms with E-state index >= 15 is 0 Å². The Bertz CT molecular complexity index is 504. The highest BCUT2D eigenvalue weighted by atomic mass is 19.4. The van der Waals surface area contributed by atoms with Crippen LogP contribution in [0.1, 0.15) is 11.6 Å². The summed E-state index contributed by atoms with van der Waals surface area (Å²) >= 11 is 0. The molecule has 1 aromatic heterocycles. The predicted molar refractivity (Wildman–Crippen MR) is 54.3 cm³/mol.